The van der Waals surface area contributed by atoms with Crippen molar-refractivity contribution < 1.29 is 5.11 Å². The monoisotopic (exact) mass is 265 g/mol. The summed E-state index contributed by atoms with van der Waals surface area (Å²) in [5.74, 6) is 0. The first-order valence-corrected chi connectivity index (χ1v) is 7.54. The molecule has 1 fully saturated rings. The van der Waals surface area contributed by atoms with Crippen LogP contribution in [0.1, 0.15) is 51.0 Å². The number of nitrogens with one attached hydrogen (secondary N) is 1. The van der Waals surface area contributed by atoms with Crippen molar-refractivity contribution in [3.05, 3.63) is 18.0 Å². The fraction of sp³-hybridized carbons (Fsp3) is 0.800. The van der Waals surface area contributed by atoms with E-state index in [1.807, 2.05) is 24.1 Å². The van der Waals surface area contributed by atoms with Crippen LogP contribution in [0.3, 0.4) is 0 Å². The van der Waals surface area contributed by atoms with Crippen molar-refractivity contribution in [3.8, 4) is 0 Å². The lowest BCUT2D eigenvalue weighted by Crippen LogP contribution is -2.41. The molecule has 1 heterocycles. The Morgan fingerprint density at radius 1 is 1.47 bits per heavy atom. The van der Waals surface area contributed by atoms with Crippen molar-refractivity contribution in [3.63, 3.8) is 0 Å². The first-order chi connectivity index (χ1) is 9.11. The summed E-state index contributed by atoms with van der Waals surface area (Å²) < 4.78 is 1.82. The number of aryl methyl sites for hydroxylation is 2. The molecule has 4 heteroatoms. The first kappa shape index (κ1) is 14.5. The van der Waals surface area contributed by atoms with Gasteiger partial charge in [-0.05, 0) is 57.1 Å². The van der Waals surface area contributed by atoms with E-state index in [-0.39, 0.29) is 0 Å². The maximum Gasteiger partial charge on any atom is 0.0652 e. The highest BCUT2D eigenvalue weighted by Gasteiger charge is 2.32. The molecule has 0 bridgehead atoms. The first-order valence-electron chi connectivity index (χ1n) is 7.54. The lowest BCUT2D eigenvalue weighted by atomic mass is 9.79. The standard InChI is InChI=1S/C15H27N3O/c1-3-10-16-14-5-8-15(19,9-6-14)7-4-13-11-17-18(2)12-13/h11-12,14,16,19H,3-10H2,1-2H3. The fourth-order valence-electron chi connectivity index (χ4n) is 2.94. The van der Waals surface area contributed by atoms with E-state index in [0.29, 0.717) is 6.04 Å². The van der Waals surface area contributed by atoms with Crippen molar-refractivity contribution in [2.24, 2.45) is 7.05 Å². The smallest absolute Gasteiger partial charge is 0.0652 e. The second-order valence-corrected chi connectivity index (χ2v) is 5.97. The molecule has 2 N–H and O–H groups in total. The second kappa shape index (κ2) is 6.53. The number of nitrogens with zero attached hydrogens (tertiary/aromatic N) is 2. The third kappa shape index (κ3) is 4.32. The minimum atomic E-state index is -0.458. The Kier molecular flexibility index (Phi) is 4.99. The third-order valence-corrected chi connectivity index (χ3v) is 4.24. The van der Waals surface area contributed by atoms with Gasteiger partial charge >= 0.3 is 0 Å². The predicted molar refractivity (Wildman–Crippen MR) is 77.0 cm³/mol. The summed E-state index contributed by atoms with van der Waals surface area (Å²) >= 11 is 0. The second-order valence-electron chi connectivity index (χ2n) is 5.97. The van der Waals surface area contributed by atoms with Gasteiger partial charge in [-0.15, -0.1) is 0 Å². The summed E-state index contributed by atoms with van der Waals surface area (Å²) in [6, 6.07) is 0.610. The van der Waals surface area contributed by atoms with Gasteiger partial charge in [0.25, 0.3) is 0 Å². The summed E-state index contributed by atoms with van der Waals surface area (Å²) in [4.78, 5) is 0. The van der Waals surface area contributed by atoms with Gasteiger partial charge in [-0.25, -0.2) is 0 Å². The molecule has 0 atom stereocenters. The molecule has 0 spiro atoms. The van der Waals surface area contributed by atoms with E-state index in [2.05, 4.69) is 17.3 Å². The molecule has 1 aliphatic carbocycles. The molecule has 19 heavy (non-hydrogen) atoms. The van der Waals surface area contributed by atoms with Gasteiger partial charge in [0.2, 0.25) is 0 Å². The van der Waals surface area contributed by atoms with Gasteiger partial charge in [-0.3, -0.25) is 4.68 Å². The summed E-state index contributed by atoms with van der Waals surface area (Å²) in [6.45, 7) is 3.29. The van der Waals surface area contributed by atoms with E-state index in [9.17, 15) is 5.11 Å². The summed E-state index contributed by atoms with van der Waals surface area (Å²) in [6.07, 6.45) is 11.0. The van der Waals surface area contributed by atoms with Crippen LogP contribution in [0, 0.1) is 0 Å². The van der Waals surface area contributed by atoms with Crippen LogP contribution in [0.15, 0.2) is 12.4 Å². The van der Waals surface area contributed by atoms with Crippen molar-refractivity contribution in [2.75, 3.05) is 6.54 Å². The molecule has 0 saturated heterocycles. The average molecular weight is 265 g/mol. The highest BCUT2D eigenvalue weighted by atomic mass is 16.3. The van der Waals surface area contributed by atoms with Gasteiger partial charge in [-0.1, -0.05) is 6.92 Å². The van der Waals surface area contributed by atoms with Crippen molar-refractivity contribution in [1.82, 2.24) is 15.1 Å². The Bertz CT molecular complexity index is 380. The summed E-state index contributed by atoms with van der Waals surface area (Å²) in [5.41, 5.74) is 0.766. The quantitative estimate of drug-likeness (QED) is 0.827. The molecular weight excluding hydrogens is 238 g/mol. The molecule has 1 aromatic rings. The molecule has 0 amide bonds. The normalized spacial score (nSPS) is 27.6. The van der Waals surface area contributed by atoms with Crippen molar-refractivity contribution in [2.45, 2.75) is 63.5 Å². The maximum atomic E-state index is 10.6. The zero-order valence-electron chi connectivity index (χ0n) is 12.2. The highest BCUT2D eigenvalue weighted by Crippen LogP contribution is 2.32. The average Bonchev–Trinajstić information content (AvgIpc) is 2.82. The zero-order valence-corrected chi connectivity index (χ0v) is 12.2. The van der Waals surface area contributed by atoms with Crippen LogP contribution in [0.2, 0.25) is 0 Å². The van der Waals surface area contributed by atoms with Crippen LogP contribution < -0.4 is 5.32 Å². The van der Waals surface area contributed by atoms with Crippen molar-refractivity contribution in [1.29, 1.82) is 0 Å². The van der Waals surface area contributed by atoms with Crippen molar-refractivity contribution >= 4 is 0 Å². The highest BCUT2D eigenvalue weighted by molar-refractivity contribution is 5.05. The molecule has 4 nitrogen and oxygen atoms in total. The molecule has 0 radical (unpaired) electrons. The van der Waals surface area contributed by atoms with Gasteiger partial charge in [0.15, 0.2) is 0 Å². The Morgan fingerprint density at radius 2 is 2.21 bits per heavy atom. The van der Waals surface area contributed by atoms with Gasteiger partial charge in [0.1, 0.15) is 0 Å². The van der Waals surface area contributed by atoms with E-state index in [1.165, 1.54) is 12.0 Å². The van der Waals surface area contributed by atoms with E-state index in [0.717, 1.165) is 45.1 Å². The van der Waals surface area contributed by atoms with Crippen LogP contribution in [0.25, 0.3) is 0 Å². The SMILES string of the molecule is CCCNC1CCC(O)(CCc2cnn(C)c2)CC1. The number of aliphatic hydroxyl groups is 1. The minimum Gasteiger partial charge on any atom is -0.390 e. The number of aromatic nitrogens is 2. The Morgan fingerprint density at radius 3 is 2.79 bits per heavy atom. The molecular formula is C15H27N3O. The zero-order chi connectivity index (χ0) is 13.7. The Hall–Kier alpha value is -0.870. The van der Waals surface area contributed by atoms with Crippen LogP contribution in [0.4, 0.5) is 0 Å². The molecule has 0 aliphatic heterocycles. The molecule has 2 rings (SSSR count). The van der Waals surface area contributed by atoms with Gasteiger partial charge in [0, 0.05) is 19.3 Å². The lowest BCUT2D eigenvalue weighted by molar-refractivity contribution is -0.0106. The number of rotatable bonds is 6. The lowest BCUT2D eigenvalue weighted by Gasteiger charge is -2.36. The summed E-state index contributed by atoms with van der Waals surface area (Å²) in [7, 11) is 1.93. The molecule has 1 aliphatic rings. The van der Waals surface area contributed by atoms with Crippen LogP contribution in [0.5, 0.6) is 0 Å². The molecule has 1 saturated carbocycles. The third-order valence-electron chi connectivity index (χ3n) is 4.24. The molecule has 108 valence electrons. The number of hydrogen-bond donors (Lipinski definition) is 2. The van der Waals surface area contributed by atoms with E-state index >= 15 is 0 Å². The van der Waals surface area contributed by atoms with Gasteiger partial charge in [0.05, 0.1) is 11.8 Å². The maximum absolute atomic E-state index is 10.6. The Balaban J connectivity index is 1.75. The molecule has 0 aromatic carbocycles. The minimum absolute atomic E-state index is 0.458. The van der Waals surface area contributed by atoms with E-state index < -0.39 is 5.60 Å². The largest absolute Gasteiger partial charge is 0.390 e. The van der Waals surface area contributed by atoms with E-state index in [1.54, 1.807) is 0 Å². The molecule has 0 unspecified atom stereocenters. The number of hydrogen-bond acceptors (Lipinski definition) is 3. The predicted octanol–water partition coefficient (Wildman–Crippen LogP) is 2.03. The summed E-state index contributed by atoms with van der Waals surface area (Å²) in [5, 5.41) is 18.4. The van der Waals surface area contributed by atoms with E-state index in [4.69, 9.17) is 0 Å². The Labute approximate surface area is 116 Å². The van der Waals surface area contributed by atoms with Crippen LogP contribution >= 0.6 is 0 Å². The fourth-order valence-corrected chi connectivity index (χ4v) is 2.94. The van der Waals surface area contributed by atoms with Gasteiger partial charge < -0.3 is 10.4 Å². The topological polar surface area (TPSA) is 50.1 Å². The van der Waals surface area contributed by atoms with Gasteiger partial charge in [-0.2, -0.15) is 5.10 Å². The van der Waals surface area contributed by atoms with Crippen LogP contribution in [-0.4, -0.2) is 33.1 Å². The molecule has 1 aromatic heterocycles. The van der Waals surface area contributed by atoms with Crippen LogP contribution in [-0.2, 0) is 13.5 Å².